The second kappa shape index (κ2) is 8.97. The molecule has 1 aliphatic carbocycles. The number of primary amides is 1. The molecule has 10 heteroatoms. The van der Waals surface area contributed by atoms with Crippen molar-refractivity contribution in [2.75, 3.05) is 37.3 Å². The van der Waals surface area contributed by atoms with Gasteiger partial charge in [-0.2, -0.15) is 13.2 Å². The molecule has 2 N–H and O–H groups in total. The van der Waals surface area contributed by atoms with E-state index in [0.29, 0.717) is 31.6 Å². The zero-order chi connectivity index (χ0) is 23.0. The molecule has 0 radical (unpaired) electrons. The average molecular weight is 462 g/mol. The normalized spacial score (nSPS) is 26.1. The molecule has 1 atom stereocenters. The number of sulfone groups is 1. The number of hydrogen-bond acceptors (Lipinski definition) is 5. The Kier molecular flexibility index (Phi) is 6.90. The van der Waals surface area contributed by atoms with Gasteiger partial charge in [0.15, 0.2) is 9.84 Å². The van der Waals surface area contributed by atoms with E-state index in [0.717, 1.165) is 19.3 Å². The van der Waals surface area contributed by atoms with Crippen LogP contribution in [0.5, 0.6) is 0 Å². The van der Waals surface area contributed by atoms with Crippen molar-refractivity contribution >= 4 is 21.4 Å². The summed E-state index contributed by atoms with van der Waals surface area (Å²) in [6.45, 7) is 4.93. The third kappa shape index (κ3) is 5.71. The van der Waals surface area contributed by atoms with Crippen molar-refractivity contribution in [3.8, 4) is 0 Å². The molecule has 1 heterocycles. The van der Waals surface area contributed by atoms with Crippen LogP contribution in [0.2, 0.25) is 0 Å². The first-order valence-corrected chi connectivity index (χ1v) is 12.4. The van der Waals surface area contributed by atoms with E-state index in [2.05, 4.69) is 16.7 Å². The van der Waals surface area contributed by atoms with Crippen LogP contribution in [0.3, 0.4) is 0 Å². The minimum absolute atomic E-state index is 0.0209. The predicted molar refractivity (Wildman–Crippen MR) is 113 cm³/mol. The average Bonchev–Trinajstić information content (AvgIpc) is 2.68. The Labute approximate surface area is 181 Å². The van der Waals surface area contributed by atoms with Crippen LogP contribution in [0.25, 0.3) is 0 Å². The van der Waals surface area contributed by atoms with E-state index in [1.807, 2.05) is 0 Å². The molecule has 0 unspecified atom stereocenters. The summed E-state index contributed by atoms with van der Waals surface area (Å²) >= 11 is 0. The molecule has 0 spiro atoms. The van der Waals surface area contributed by atoms with Crippen molar-refractivity contribution in [1.82, 2.24) is 4.90 Å². The van der Waals surface area contributed by atoms with E-state index in [-0.39, 0.29) is 35.3 Å². The van der Waals surface area contributed by atoms with E-state index < -0.39 is 27.8 Å². The van der Waals surface area contributed by atoms with Gasteiger partial charge in [-0.1, -0.05) is 0 Å². The summed E-state index contributed by atoms with van der Waals surface area (Å²) in [5.74, 6) is -1.67. The second-order valence-corrected chi connectivity index (χ2v) is 10.9. The highest BCUT2D eigenvalue weighted by Crippen LogP contribution is 2.40. The predicted octanol–water partition coefficient (Wildman–Crippen LogP) is 3.07. The van der Waals surface area contributed by atoms with E-state index >= 15 is 0 Å². The highest BCUT2D eigenvalue weighted by Gasteiger charge is 2.41. The number of nitrogens with zero attached hydrogens (tertiary/aromatic N) is 2. The molecule has 0 bridgehead atoms. The second-order valence-electron chi connectivity index (χ2n) is 8.87. The summed E-state index contributed by atoms with van der Waals surface area (Å²) < 4.78 is 62.9. The Morgan fingerprint density at radius 2 is 1.81 bits per heavy atom. The molecule has 1 aliphatic heterocycles. The number of anilines is 1. The molecule has 31 heavy (non-hydrogen) atoms. The van der Waals surface area contributed by atoms with Gasteiger partial charge in [0.25, 0.3) is 0 Å². The van der Waals surface area contributed by atoms with Crippen LogP contribution in [-0.4, -0.2) is 63.9 Å². The van der Waals surface area contributed by atoms with E-state index in [1.165, 1.54) is 12.1 Å². The molecule has 1 saturated heterocycles. The number of hydrogen-bond donors (Lipinski definition) is 1. The number of amides is 1. The van der Waals surface area contributed by atoms with Gasteiger partial charge in [-0.3, -0.25) is 9.69 Å². The molecule has 2 fully saturated rings. The van der Waals surface area contributed by atoms with Crippen LogP contribution in [0.15, 0.2) is 23.1 Å². The molecular weight excluding hydrogens is 431 g/mol. The van der Waals surface area contributed by atoms with Gasteiger partial charge in [-0.15, -0.1) is 0 Å². The van der Waals surface area contributed by atoms with Gasteiger partial charge >= 0.3 is 6.18 Å². The number of carbonyl (C=O) groups excluding carboxylic acids is 1. The Bertz CT molecular complexity index is 912. The molecule has 1 aromatic carbocycles. The minimum atomic E-state index is -4.08. The highest BCUT2D eigenvalue weighted by atomic mass is 32.2. The number of piperazine rings is 1. The Balaban J connectivity index is 1.62. The first-order chi connectivity index (χ1) is 14.4. The first kappa shape index (κ1) is 23.8. The Hall–Kier alpha value is -1.81. The van der Waals surface area contributed by atoms with Crippen LogP contribution in [0, 0.1) is 11.8 Å². The summed E-state index contributed by atoms with van der Waals surface area (Å²) in [4.78, 5) is 15.9. The van der Waals surface area contributed by atoms with E-state index in [4.69, 9.17) is 5.73 Å². The lowest BCUT2D eigenvalue weighted by Crippen LogP contribution is -2.53. The van der Waals surface area contributed by atoms with Crippen LogP contribution < -0.4 is 10.6 Å². The van der Waals surface area contributed by atoms with Crippen molar-refractivity contribution in [2.24, 2.45) is 17.6 Å². The fourth-order valence-electron chi connectivity index (χ4n) is 4.72. The van der Waals surface area contributed by atoms with Gasteiger partial charge in [-0.05, 0) is 56.7 Å². The van der Waals surface area contributed by atoms with Gasteiger partial charge < -0.3 is 10.6 Å². The molecular formula is C21H30F3N3O3S. The zero-order valence-corrected chi connectivity index (χ0v) is 18.7. The monoisotopic (exact) mass is 461 g/mol. The van der Waals surface area contributed by atoms with Crippen molar-refractivity contribution in [3.63, 3.8) is 0 Å². The molecule has 174 valence electrons. The molecule has 0 aromatic heterocycles. The fourth-order valence-corrected chi connectivity index (χ4v) is 5.63. The fraction of sp³-hybridized carbons (Fsp3) is 0.667. The molecule has 1 aromatic rings. The zero-order valence-electron chi connectivity index (χ0n) is 17.9. The molecule has 6 nitrogen and oxygen atoms in total. The van der Waals surface area contributed by atoms with Crippen molar-refractivity contribution < 1.29 is 26.4 Å². The summed E-state index contributed by atoms with van der Waals surface area (Å²) in [7, 11) is -3.62. The van der Waals surface area contributed by atoms with Crippen LogP contribution in [0.1, 0.15) is 43.0 Å². The van der Waals surface area contributed by atoms with Crippen LogP contribution in [-0.2, 0) is 9.84 Å². The number of carbonyl (C=O) groups is 1. The summed E-state index contributed by atoms with van der Waals surface area (Å²) in [5, 5.41) is 0. The number of rotatable bonds is 5. The number of alkyl halides is 3. The van der Waals surface area contributed by atoms with Gasteiger partial charge in [0, 0.05) is 44.2 Å². The summed E-state index contributed by atoms with van der Waals surface area (Å²) in [6.07, 6.45) is -1.41. The minimum Gasteiger partial charge on any atom is -0.369 e. The van der Waals surface area contributed by atoms with Gasteiger partial charge in [0.05, 0.1) is 16.4 Å². The lowest BCUT2D eigenvalue weighted by Gasteiger charge is -2.43. The standard InChI is InChI=1S/C21H30F3N3O3S/c1-14-12-27(17-7-8-18(20(25)28)19(11-17)31(2,29)30)10-9-26(14)13-15-3-5-16(6-4-15)21(22,23)24/h7-8,11,14-16H,3-6,9-10,12-13H2,1-2H3,(H2,25,28)/t14-,15?,16?/m0/s1. The van der Waals surface area contributed by atoms with Gasteiger partial charge in [-0.25, -0.2) is 8.42 Å². The van der Waals surface area contributed by atoms with Gasteiger partial charge in [0.2, 0.25) is 5.91 Å². The maximum Gasteiger partial charge on any atom is 0.391 e. The largest absolute Gasteiger partial charge is 0.391 e. The topological polar surface area (TPSA) is 83.7 Å². The lowest BCUT2D eigenvalue weighted by molar-refractivity contribution is -0.184. The Morgan fingerprint density at radius 3 is 2.32 bits per heavy atom. The quantitative estimate of drug-likeness (QED) is 0.729. The number of halogens is 3. The molecule has 2 aliphatic rings. The third-order valence-electron chi connectivity index (χ3n) is 6.56. The van der Waals surface area contributed by atoms with Crippen molar-refractivity contribution in [2.45, 2.75) is 49.7 Å². The molecule has 1 saturated carbocycles. The smallest absolute Gasteiger partial charge is 0.369 e. The first-order valence-electron chi connectivity index (χ1n) is 10.6. The lowest BCUT2D eigenvalue weighted by atomic mass is 9.81. The number of benzene rings is 1. The molecule has 1 amide bonds. The van der Waals surface area contributed by atoms with Crippen LogP contribution >= 0.6 is 0 Å². The number of nitrogens with two attached hydrogens (primary N) is 1. The van der Waals surface area contributed by atoms with Crippen LogP contribution in [0.4, 0.5) is 18.9 Å². The maximum atomic E-state index is 12.9. The van der Waals surface area contributed by atoms with Crippen molar-refractivity contribution in [1.29, 1.82) is 0 Å². The summed E-state index contributed by atoms with van der Waals surface area (Å²) in [5.41, 5.74) is 6.01. The third-order valence-corrected chi connectivity index (χ3v) is 7.70. The van der Waals surface area contributed by atoms with E-state index in [9.17, 15) is 26.4 Å². The van der Waals surface area contributed by atoms with Gasteiger partial charge in [0.1, 0.15) is 0 Å². The SMILES string of the molecule is C[C@H]1CN(c2ccc(C(N)=O)c(S(C)(=O)=O)c2)CCN1CC1CCC(C(F)(F)F)CC1. The van der Waals surface area contributed by atoms with Crippen molar-refractivity contribution in [3.05, 3.63) is 23.8 Å². The molecule has 3 rings (SSSR count). The Morgan fingerprint density at radius 1 is 1.16 bits per heavy atom. The highest BCUT2D eigenvalue weighted by molar-refractivity contribution is 7.90. The maximum absolute atomic E-state index is 12.9. The summed E-state index contributed by atoms with van der Waals surface area (Å²) in [6, 6.07) is 4.82. The van der Waals surface area contributed by atoms with E-state index in [1.54, 1.807) is 6.07 Å².